The Balaban J connectivity index is 1.51. The van der Waals surface area contributed by atoms with Gasteiger partial charge in [0.1, 0.15) is 0 Å². The first-order chi connectivity index (χ1) is 14.3. The summed E-state index contributed by atoms with van der Waals surface area (Å²) in [6, 6.07) is 15.6. The second-order valence-corrected chi connectivity index (χ2v) is 9.27. The number of halogens is 2. The standard InChI is InChI=1S/C22H20F2N2O3S/c23-20-10-8-18(13-21(20)24)25-22(27)17-6-3-11-26(14-17)30(28,29)19-9-7-15-4-1-2-5-16(15)12-19/h1-2,4-5,7-10,12-13,17H,3,6,11,14H2,(H,25,27). The number of carbonyl (C=O) groups excluding carboxylic acids is 1. The third-order valence-electron chi connectivity index (χ3n) is 5.30. The van der Waals surface area contributed by atoms with Gasteiger partial charge in [-0.3, -0.25) is 4.79 Å². The van der Waals surface area contributed by atoms with Crippen LogP contribution >= 0.6 is 0 Å². The van der Waals surface area contributed by atoms with Crippen molar-refractivity contribution >= 4 is 32.4 Å². The van der Waals surface area contributed by atoms with Gasteiger partial charge in [-0.15, -0.1) is 0 Å². The third-order valence-corrected chi connectivity index (χ3v) is 7.16. The molecule has 1 N–H and O–H groups in total. The van der Waals surface area contributed by atoms with Gasteiger partial charge in [-0.05, 0) is 47.9 Å². The van der Waals surface area contributed by atoms with Crippen LogP contribution in [0.4, 0.5) is 14.5 Å². The van der Waals surface area contributed by atoms with Gasteiger partial charge in [-0.1, -0.05) is 30.3 Å². The molecule has 0 bridgehead atoms. The summed E-state index contributed by atoms with van der Waals surface area (Å²) in [5.41, 5.74) is 0.133. The van der Waals surface area contributed by atoms with Crippen molar-refractivity contribution in [1.82, 2.24) is 4.31 Å². The molecule has 1 heterocycles. The summed E-state index contributed by atoms with van der Waals surface area (Å²) in [4.78, 5) is 12.8. The number of amides is 1. The molecule has 30 heavy (non-hydrogen) atoms. The Kier molecular flexibility index (Phi) is 5.53. The van der Waals surface area contributed by atoms with Crippen molar-refractivity contribution < 1.29 is 22.0 Å². The SMILES string of the molecule is O=C(Nc1ccc(F)c(F)c1)C1CCCN(S(=O)(=O)c2ccc3ccccc3c2)C1. The summed E-state index contributed by atoms with van der Waals surface area (Å²) in [7, 11) is -3.76. The number of benzene rings is 3. The number of rotatable bonds is 4. The van der Waals surface area contributed by atoms with E-state index in [2.05, 4.69) is 5.32 Å². The van der Waals surface area contributed by atoms with Crippen molar-refractivity contribution in [3.63, 3.8) is 0 Å². The Labute approximate surface area is 173 Å². The maximum absolute atomic E-state index is 13.4. The fourth-order valence-electron chi connectivity index (χ4n) is 3.67. The van der Waals surface area contributed by atoms with Crippen LogP contribution in [0, 0.1) is 17.6 Å². The van der Waals surface area contributed by atoms with Gasteiger partial charge in [-0.25, -0.2) is 17.2 Å². The molecule has 0 spiro atoms. The summed E-state index contributed by atoms with van der Waals surface area (Å²) < 4.78 is 54.0. The zero-order chi connectivity index (χ0) is 21.3. The van der Waals surface area contributed by atoms with E-state index in [1.807, 2.05) is 24.3 Å². The Morgan fingerprint density at radius 1 is 0.967 bits per heavy atom. The Morgan fingerprint density at radius 2 is 1.73 bits per heavy atom. The third kappa shape index (κ3) is 4.06. The van der Waals surface area contributed by atoms with E-state index < -0.39 is 33.5 Å². The molecular weight excluding hydrogens is 410 g/mol. The largest absolute Gasteiger partial charge is 0.326 e. The Bertz CT molecular complexity index is 1210. The zero-order valence-corrected chi connectivity index (χ0v) is 16.8. The minimum absolute atomic E-state index is 0.0324. The van der Waals surface area contributed by atoms with Crippen LogP contribution in [0.1, 0.15) is 12.8 Å². The average Bonchev–Trinajstić information content (AvgIpc) is 2.76. The van der Waals surface area contributed by atoms with Crippen LogP contribution < -0.4 is 5.32 Å². The van der Waals surface area contributed by atoms with E-state index in [1.54, 1.807) is 18.2 Å². The number of anilines is 1. The maximum atomic E-state index is 13.4. The number of carbonyl (C=O) groups is 1. The highest BCUT2D eigenvalue weighted by molar-refractivity contribution is 7.89. The van der Waals surface area contributed by atoms with E-state index in [-0.39, 0.29) is 17.1 Å². The number of piperidine rings is 1. The predicted octanol–water partition coefficient (Wildman–Crippen LogP) is 4.16. The molecule has 1 aliphatic rings. The lowest BCUT2D eigenvalue weighted by atomic mass is 9.98. The molecule has 1 amide bonds. The van der Waals surface area contributed by atoms with Crippen LogP contribution in [0.25, 0.3) is 10.8 Å². The Morgan fingerprint density at radius 3 is 2.50 bits per heavy atom. The molecule has 1 fully saturated rings. The molecule has 3 aromatic carbocycles. The highest BCUT2D eigenvalue weighted by Crippen LogP contribution is 2.27. The molecule has 5 nitrogen and oxygen atoms in total. The first-order valence-electron chi connectivity index (χ1n) is 9.59. The number of hydrogen-bond donors (Lipinski definition) is 1. The highest BCUT2D eigenvalue weighted by atomic mass is 32.2. The molecule has 0 saturated carbocycles. The van der Waals surface area contributed by atoms with Gasteiger partial charge in [-0.2, -0.15) is 4.31 Å². The summed E-state index contributed by atoms with van der Waals surface area (Å²) in [5, 5.41) is 4.31. The summed E-state index contributed by atoms with van der Waals surface area (Å²) in [6.45, 7) is 0.356. The molecule has 0 aliphatic carbocycles. The molecule has 0 aromatic heterocycles. The molecule has 1 saturated heterocycles. The van der Waals surface area contributed by atoms with Gasteiger partial charge in [0.05, 0.1) is 10.8 Å². The van der Waals surface area contributed by atoms with Crippen molar-refractivity contribution in [2.24, 2.45) is 5.92 Å². The lowest BCUT2D eigenvalue weighted by Gasteiger charge is -2.31. The van der Waals surface area contributed by atoms with Crippen LogP contribution in [0.5, 0.6) is 0 Å². The molecule has 1 atom stereocenters. The molecule has 4 rings (SSSR count). The number of sulfonamides is 1. The van der Waals surface area contributed by atoms with Gasteiger partial charge in [0.15, 0.2) is 11.6 Å². The fourth-order valence-corrected chi connectivity index (χ4v) is 5.23. The van der Waals surface area contributed by atoms with Crippen molar-refractivity contribution in [2.45, 2.75) is 17.7 Å². The quantitative estimate of drug-likeness (QED) is 0.676. The maximum Gasteiger partial charge on any atom is 0.243 e. The topological polar surface area (TPSA) is 66.5 Å². The van der Waals surface area contributed by atoms with E-state index in [0.717, 1.165) is 22.9 Å². The minimum atomic E-state index is -3.76. The van der Waals surface area contributed by atoms with Crippen molar-refractivity contribution in [1.29, 1.82) is 0 Å². The summed E-state index contributed by atoms with van der Waals surface area (Å²) in [5.74, 6) is -3.06. The number of hydrogen-bond acceptors (Lipinski definition) is 3. The molecular formula is C22H20F2N2O3S. The van der Waals surface area contributed by atoms with Crippen LogP contribution in [0.3, 0.4) is 0 Å². The van der Waals surface area contributed by atoms with Gasteiger partial charge in [0.25, 0.3) is 0 Å². The van der Waals surface area contributed by atoms with Gasteiger partial charge < -0.3 is 5.32 Å². The minimum Gasteiger partial charge on any atom is -0.326 e. The fraction of sp³-hybridized carbons (Fsp3) is 0.227. The molecule has 0 radical (unpaired) electrons. The van der Waals surface area contributed by atoms with E-state index in [4.69, 9.17) is 0 Å². The van der Waals surface area contributed by atoms with E-state index in [9.17, 15) is 22.0 Å². The van der Waals surface area contributed by atoms with Crippen LogP contribution in [0.15, 0.2) is 65.6 Å². The summed E-state index contributed by atoms with van der Waals surface area (Å²) >= 11 is 0. The van der Waals surface area contributed by atoms with E-state index in [1.165, 1.54) is 10.4 Å². The Hall–Kier alpha value is -2.84. The molecule has 156 valence electrons. The molecule has 1 unspecified atom stereocenters. The smallest absolute Gasteiger partial charge is 0.243 e. The normalized spacial score (nSPS) is 17.7. The van der Waals surface area contributed by atoms with Crippen LogP contribution in [0.2, 0.25) is 0 Å². The molecule has 3 aromatic rings. The first-order valence-corrected chi connectivity index (χ1v) is 11.0. The van der Waals surface area contributed by atoms with Gasteiger partial charge >= 0.3 is 0 Å². The summed E-state index contributed by atoms with van der Waals surface area (Å²) in [6.07, 6.45) is 1.04. The van der Waals surface area contributed by atoms with Crippen molar-refractivity contribution in [2.75, 3.05) is 18.4 Å². The van der Waals surface area contributed by atoms with Crippen LogP contribution in [-0.4, -0.2) is 31.7 Å². The van der Waals surface area contributed by atoms with Crippen molar-refractivity contribution in [3.8, 4) is 0 Å². The average molecular weight is 430 g/mol. The number of fused-ring (bicyclic) bond motifs is 1. The predicted molar refractivity (Wildman–Crippen MR) is 110 cm³/mol. The molecule has 8 heteroatoms. The second-order valence-electron chi connectivity index (χ2n) is 7.33. The number of nitrogens with one attached hydrogen (secondary N) is 1. The zero-order valence-electron chi connectivity index (χ0n) is 16.0. The lowest BCUT2D eigenvalue weighted by Crippen LogP contribution is -2.43. The first kappa shape index (κ1) is 20.4. The highest BCUT2D eigenvalue weighted by Gasteiger charge is 2.33. The van der Waals surface area contributed by atoms with E-state index in [0.29, 0.717) is 19.4 Å². The molecule has 1 aliphatic heterocycles. The lowest BCUT2D eigenvalue weighted by molar-refractivity contribution is -0.120. The van der Waals surface area contributed by atoms with Crippen LogP contribution in [-0.2, 0) is 14.8 Å². The second kappa shape index (κ2) is 8.12. The number of nitrogens with zero attached hydrogens (tertiary/aromatic N) is 1. The van der Waals surface area contributed by atoms with E-state index >= 15 is 0 Å². The van der Waals surface area contributed by atoms with Gasteiger partial charge in [0, 0.05) is 24.8 Å². The monoisotopic (exact) mass is 430 g/mol. The van der Waals surface area contributed by atoms with Crippen molar-refractivity contribution in [3.05, 3.63) is 72.3 Å². The van der Waals surface area contributed by atoms with Gasteiger partial charge in [0.2, 0.25) is 15.9 Å².